The van der Waals surface area contributed by atoms with Crippen molar-refractivity contribution in [1.29, 1.82) is 0 Å². The zero-order valence-corrected chi connectivity index (χ0v) is 8.23. The molecule has 0 saturated carbocycles. The maximum absolute atomic E-state index is 5.86. The van der Waals surface area contributed by atoms with E-state index in [1.807, 2.05) is 18.2 Å². The molecular weight excluding hydrogens is 182 g/mol. The molecule has 3 heteroatoms. The van der Waals surface area contributed by atoms with Crippen LogP contribution in [0.2, 0.25) is 0 Å². The van der Waals surface area contributed by atoms with Crippen LogP contribution in [0.1, 0.15) is 5.56 Å². The molecular formula is C10H11NOS. The van der Waals surface area contributed by atoms with E-state index in [9.17, 15) is 0 Å². The number of nitrogens with two attached hydrogens (primary N) is 1. The van der Waals surface area contributed by atoms with Gasteiger partial charge in [0.1, 0.15) is 5.58 Å². The third kappa shape index (κ3) is 1.40. The molecule has 2 rings (SSSR count). The first-order valence-electron chi connectivity index (χ1n) is 4.06. The monoisotopic (exact) mass is 193 g/mol. The molecule has 68 valence electrons. The zero-order chi connectivity index (χ0) is 9.26. The quantitative estimate of drug-likeness (QED) is 0.745. The summed E-state index contributed by atoms with van der Waals surface area (Å²) in [5.74, 6) is 0.946. The predicted molar refractivity (Wildman–Crippen MR) is 57.8 cm³/mol. The Bertz CT molecular complexity index is 422. The van der Waals surface area contributed by atoms with Gasteiger partial charge in [0.05, 0.1) is 6.26 Å². The number of furan rings is 1. The molecule has 13 heavy (non-hydrogen) atoms. The van der Waals surface area contributed by atoms with Gasteiger partial charge in [-0.1, -0.05) is 6.07 Å². The maximum Gasteiger partial charge on any atom is 0.136 e. The summed E-state index contributed by atoms with van der Waals surface area (Å²) in [6, 6.07) is 5.75. The van der Waals surface area contributed by atoms with E-state index in [0.29, 0.717) is 0 Å². The van der Waals surface area contributed by atoms with Gasteiger partial charge >= 0.3 is 0 Å². The fourth-order valence-electron chi connectivity index (χ4n) is 1.45. The van der Waals surface area contributed by atoms with Crippen molar-refractivity contribution in [3.05, 3.63) is 30.0 Å². The van der Waals surface area contributed by atoms with Gasteiger partial charge in [-0.3, -0.25) is 0 Å². The normalized spacial score (nSPS) is 10.8. The van der Waals surface area contributed by atoms with Crippen LogP contribution in [-0.4, -0.2) is 6.26 Å². The summed E-state index contributed by atoms with van der Waals surface area (Å²) < 4.78 is 5.39. The molecule has 0 spiro atoms. The van der Waals surface area contributed by atoms with Crippen molar-refractivity contribution in [3.8, 4) is 0 Å². The van der Waals surface area contributed by atoms with E-state index in [1.54, 1.807) is 18.0 Å². The lowest BCUT2D eigenvalue weighted by atomic mass is 10.1. The molecule has 2 nitrogen and oxygen atoms in total. The Morgan fingerprint density at radius 3 is 3.08 bits per heavy atom. The molecule has 1 aromatic carbocycles. The van der Waals surface area contributed by atoms with Crippen LogP contribution in [0.3, 0.4) is 0 Å². The van der Waals surface area contributed by atoms with Crippen LogP contribution in [-0.2, 0) is 5.75 Å². The van der Waals surface area contributed by atoms with Gasteiger partial charge in [0, 0.05) is 22.4 Å². The van der Waals surface area contributed by atoms with E-state index in [1.165, 1.54) is 5.56 Å². The molecule has 2 aromatic rings. The summed E-state index contributed by atoms with van der Waals surface area (Å²) in [7, 11) is 0. The highest BCUT2D eigenvalue weighted by molar-refractivity contribution is 7.97. The molecule has 0 saturated heterocycles. The molecule has 2 N–H and O–H groups in total. The minimum Gasteiger partial charge on any atom is -0.464 e. The molecule has 0 fully saturated rings. The summed E-state index contributed by atoms with van der Waals surface area (Å²) >= 11 is 1.77. The lowest BCUT2D eigenvalue weighted by Gasteiger charge is -1.97. The van der Waals surface area contributed by atoms with E-state index in [4.69, 9.17) is 10.2 Å². The Morgan fingerprint density at radius 1 is 1.46 bits per heavy atom. The Balaban J connectivity index is 2.64. The number of rotatable bonds is 2. The molecule has 0 unspecified atom stereocenters. The fourth-order valence-corrected chi connectivity index (χ4v) is 1.97. The summed E-state index contributed by atoms with van der Waals surface area (Å²) in [6.45, 7) is 0. The number of hydrogen-bond donors (Lipinski definition) is 1. The van der Waals surface area contributed by atoms with Crippen LogP contribution >= 0.6 is 11.8 Å². The zero-order valence-electron chi connectivity index (χ0n) is 7.41. The Morgan fingerprint density at radius 2 is 2.31 bits per heavy atom. The number of thioether (sulfide) groups is 1. The van der Waals surface area contributed by atoms with Gasteiger partial charge < -0.3 is 10.2 Å². The largest absolute Gasteiger partial charge is 0.464 e. The van der Waals surface area contributed by atoms with Gasteiger partial charge in [-0.05, 0) is 18.4 Å². The molecule has 0 radical (unpaired) electrons. The smallest absolute Gasteiger partial charge is 0.136 e. The van der Waals surface area contributed by atoms with Crippen molar-refractivity contribution < 1.29 is 4.42 Å². The second-order valence-corrected chi connectivity index (χ2v) is 3.78. The van der Waals surface area contributed by atoms with Crippen molar-refractivity contribution in [1.82, 2.24) is 0 Å². The third-order valence-electron chi connectivity index (χ3n) is 2.01. The van der Waals surface area contributed by atoms with Crippen LogP contribution in [0.25, 0.3) is 11.0 Å². The van der Waals surface area contributed by atoms with E-state index in [-0.39, 0.29) is 0 Å². The van der Waals surface area contributed by atoms with Crippen LogP contribution in [0, 0.1) is 0 Å². The first-order chi connectivity index (χ1) is 6.33. The summed E-state index contributed by atoms with van der Waals surface area (Å²) in [5, 5.41) is 1.07. The van der Waals surface area contributed by atoms with E-state index < -0.39 is 0 Å². The molecule has 0 aliphatic rings. The lowest BCUT2D eigenvalue weighted by Crippen LogP contribution is -1.86. The summed E-state index contributed by atoms with van der Waals surface area (Å²) in [5.41, 5.74) is 8.72. The molecule has 0 aliphatic carbocycles. The average Bonchev–Trinajstić information content (AvgIpc) is 2.51. The second kappa shape index (κ2) is 3.34. The highest BCUT2D eigenvalue weighted by Crippen LogP contribution is 2.28. The molecule has 0 aliphatic heterocycles. The standard InChI is InChI=1S/C10H11NOS/c1-13-6-7-5-12-9-4-2-3-8(11)10(7)9/h2-5H,6,11H2,1H3. The van der Waals surface area contributed by atoms with Crippen molar-refractivity contribution >= 4 is 28.4 Å². The SMILES string of the molecule is CSCc1coc2cccc(N)c12. The topological polar surface area (TPSA) is 39.2 Å². The van der Waals surface area contributed by atoms with Crippen molar-refractivity contribution in [3.63, 3.8) is 0 Å². The predicted octanol–water partition coefficient (Wildman–Crippen LogP) is 2.88. The first-order valence-corrected chi connectivity index (χ1v) is 5.46. The second-order valence-electron chi connectivity index (χ2n) is 2.91. The van der Waals surface area contributed by atoms with Gasteiger partial charge in [0.15, 0.2) is 0 Å². The van der Waals surface area contributed by atoms with Crippen LogP contribution < -0.4 is 5.73 Å². The Hall–Kier alpha value is -1.09. The van der Waals surface area contributed by atoms with Crippen molar-refractivity contribution in [2.75, 3.05) is 12.0 Å². The summed E-state index contributed by atoms with van der Waals surface area (Å²) in [4.78, 5) is 0. The molecule has 1 aromatic heterocycles. The van der Waals surface area contributed by atoms with E-state index >= 15 is 0 Å². The minimum absolute atomic E-state index is 0.801. The van der Waals surface area contributed by atoms with E-state index in [2.05, 4.69) is 6.26 Å². The Kier molecular flexibility index (Phi) is 2.19. The maximum atomic E-state index is 5.86. The van der Waals surface area contributed by atoms with Crippen molar-refractivity contribution in [2.24, 2.45) is 0 Å². The first kappa shape index (κ1) is 8.51. The van der Waals surface area contributed by atoms with Crippen LogP contribution in [0.15, 0.2) is 28.9 Å². The highest BCUT2D eigenvalue weighted by Gasteiger charge is 2.07. The van der Waals surface area contributed by atoms with Crippen LogP contribution in [0.5, 0.6) is 0 Å². The van der Waals surface area contributed by atoms with Crippen LogP contribution in [0.4, 0.5) is 5.69 Å². The van der Waals surface area contributed by atoms with Gasteiger partial charge in [0.2, 0.25) is 0 Å². The van der Waals surface area contributed by atoms with Gasteiger partial charge in [-0.15, -0.1) is 0 Å². The van der Waals surface area contributed by atoms with E-state index in [0.717, 1.165) is 22.4 Å². The Labute approximate surface area is 81.1 Å². The molecule has 0 amide bonds. The number of benzene rings is 1. The average molecular weight is 193 g/mol. The fraction of sp³-hybridized carbons (Fsp3) is 0.200. The highest BCUT2D eigenvalue weighted by atomic mass is 32.2. The van der Waals surface area contributed by atoms with Gasteiger partial charge in [-0.2, -0.15) is 11.8 Å². The van der Waals surface area contributed by atoms with Gasteiger partial charge in [-0.25, -0.2) is 0 Å². The third-order valence-corrected chi connectivity index (χ3v) is 2.61. The van der Waals surface area contributed by atoms with Gasteiger partial charge in [0.25, 0.3) is 0 Å². The molecule has 1 heterocycles. The molecule has 0 atom stereocenters. The summed E-state index contributed by atoms with van der Waals surface area (Å²) in [6.07, 6.45) is 3.86. The number of fused-ring (bicyclic) bond motifs is 1. The minimum atomic E-state index is 0.801. The van der Waals surface area contributed by atoms with Crippen molar-refractivity contribution in [2.45, 2.75) is 5.75 Å². The number of anilines is 1. The number of nitrogen functional groups attached to an aromatic ring is 1. The lowest BCUT2D eigenvalue weighted by molar-refractivity contribution is 0.613. The number of hydrogen-bond acceptors (Lipinski definition) is 3. The molecule has 0 bridgehead atoms.